The molecule has 0 saturated carbocycles. The Hall–Kier alpha value is -3.18. The van der Waals surface area contributed by atoms with Crippen molar-refractivity contribution in [2.24, 2.45) is 5.73 Å². The number of rotatable bonds is 24. The first kappa shape index (κ1) is 37.0. The number of ether oxygens (including phenoxy) is 3. The third-order valence-corrected chi connectivity index (χ3v) is 7.87. The lowest BCUT2D eigenvalue weighted by Gasteiger charge is -2.15. The van der Waals surface area contributed by atoms with E-state index in [1.54, 1.807) is 0 Å². The fourth-order valence-electron chi connectivity index (χ4n) is 3.96. The molecule has 6 amide bonds. The number of nitrogens with zero attached hydrogens (tertiary/aromatic N) is 2. The van der Waals surface area contributed by atoms with Gasteiger partial charge in [-0.25, -0.2) is 0 Å². The van der Waals surface area contributed by atoms with Gasteiger partial charge in [0, 0.05) is 76.6 Å². The Labute approximate surface area is 260 Å². The molecule has 0 aromatic rings. The Morgan fingerprint density at radius 3 is 1.82 bits per heavy atom. The fraction of sp³-hybridized carbons (Fsp3) is 0.679. The molecule has 0 aromatic heterocycles. The van der Waals surface area contributed by atoms with Crippen LogP contribution < -0.4 is 16.4 Å². The molecule has 2 aliphatic rings. The monoisotopic (exact) mass is 641 g/mol. The highest BCUT2D eigenvalue weighted by Crippen LogP contribution is 2.25. The van der Waals surface area contributed by atoms with Crippen molar-refractivity contribution in [1.82, 2.24) is 20.4 Å². The van der Waals surface area contributed by atoms with Gasteiger partial charge in [0.15, 0.2) is 0 Å². The number of likely N-dealkylation sites (tertiary alicyclic amines) is 1. The van der Waals surface area contributed by atoms with E-state index < -0.39 is 23.1 Å². The lowest BCUT2D eigenvalue weighted by atomic mass is 10.3. The van der Waals surface area contributed by atoms with Crippen molar-refractivity contribution in [2.45, 2.75) is 50.3 Å². The van der Waals surface area contributed by atoms with Crippen LogP contribution in [0, 0.1) is 0 Å². The molecule has 4 N–H and O–H groups in total. The summed E-state index contributed by atoms with van der Waals surface area (Å²) in [4.78, 5) is 84.8. The minimum Gasteiger partial charge on any atom is -0.379 e. The molecule has 44 heavy (non-hydrogen) atoms. The zero-order valence-electron chi connectivity index (χ0n) is 25.1. The number of nitrogens with one attached hydrogen (secondary N) is 2. The number of nitrogens with two attached hydrogens (primary N) is 1. The van der Waals surface area contributed by atoms with Crippen LogP contribution >= 0.6 is 11.8 Å². The standard InChI is InChI=1S/C28H43N5O10S/c1-20(34)21(29)19-44-22-18-27(39)33(28(22)40)11-7-24(36)31-9-3-13-42-15-17-43-16-14-41-12-2-8-30-23(35)6-10-32-25(37)4-5-26(32)38/h4-5,21-22H,2-3,6-19,29H2,1H3,(H,30,35)(H,31,36)/t21-,22?/m0/s1. The van der Waals surface area contributed by atoms with Gasteiger partial charge >= 0.3 is 0 Å². The summed E-state index contributed by atoms with van der Waals surface area (Å²) in [6.07, 6.45) is 3.68. The third kappa shape index (κ3) is 14.1. The summed E-state index contributed by atoms with van der Waals surface area (Å²) < 4.78 is 16.3. The van der Waals surface area contributed by atoms with E-state index in [0.717, 1.165) is 9.80 Å². The molecule has 0 aliphatic carbocycles. The van der Waals surface area contributed by atoms with E-state index in [-0.39, 0.29) is 67.5 Å². The number of carbonyl (C=O) groups excluding carboxylic acids is 7. The molecule has 2 aliphatic heterocycles. The number of thioether (sulfide) groups is 1. The minimum atomic E-state index is -0.675. The van der Waals surface area contributed by atoms with Gasteiger partial charge in [0.05, 0.1) is 37.7 Å². The summed E-state index contributed by atoms with van der Waals surface area (Å²) in [5.41, 5.74) is 5.69. The van der Waals surface area contributed by atoms with E-state index in [9.17, 15) is 33.6 Å². The summed E-state index contributed by atoms with van der Waals surface area (Å²) in [6.45, 7) is 4.71. The first-order valence-corrected chi connectivity index (χ1v) is 15.7. The second-order valence-corrected chi connectivity index (χ2v) is 11.3. The van der Waals surface area contributed by atoms with E-state index >= 15 is 0 Å². The van der Waals surface area contributed by atoms with Crippen molar-refractivity contribution in [3.8, 4) is 0 Å². The average Bonchev–Trinajstić information content (AvgIpc) is 3.46. The van der Waals surface area contributed by atoms with Crippen molar-refractivity contribution in [3.63, 3.8) is 0 Å². The van der Waals surface area contributed by atoms with Gasteiger partial charge < -0.3 is 30.6 Å². The van der Waals surface area contributed by atoms with E-state index in [2.05, 4.69) is 10.6 Å². The molecular formula is C28H43N5O10S. The molecule has 2 rings (SSSR count). The van der Waals surface area contributed by atoms with Crippen LogP contribution in [0.3, 0.4) is 0 Å². The van der Waals surface area contributed by atoms with Gasteiger partial charge in [0.1, 0.15) is 5.78 Å². The number of Topliss-reactive ketones (excluding diaryl/α,β-unsaturated/α-hetero) is 1. The Bertz CT molecular complexity index is 1040. The first-order valence-electron chi connectivity index (χ1n) is 14.6. The molecule has 16 heteroatoms. The largest absolute Gasteiger partial charge is 0.379 e. The van der Waals surface area contributed by atoms with Gasteiger partial charge in [0.2, 0.25) is 23.6 Å². The second-order valence-electron chi connectivity index (χ2n) is 10.0. The van der Waals surface area contributed by atoms with Crippen LogP contribution in [0.25, 0.3) is 0 Å². The number of hydrogen-bond donors (Lipinski definition) is 3. The Morgan fingerprint density at radius 1 is 0.841 bits per heavy atom. The molecular weight excluding hydrogens is 598 g/mol. The highest BCUT2D eigenvalue weighted by Gasteiger charge is 2.39. The van der Waals surface area contributed by atoms with Crippen LogP contribution in [0.5, 0.6) is 0 Å². The van der Waals surface area contributed by atoms with Gasteiger partial charge in [-0.3, -0.25) is 43.4 Å². The third-order valence-electron chi connectivity index (χ3n) is 6.55. The SMILES string of the molecule is CC(=O)[C@@H](N)CSC1CC(=O)N(CCC(=O)NCCCOCCOCCOCCCNC(=O)CCN2C(=O)C=CC2=O)C1=O. The predicted molar refractivity (Wildman–Crippen MR) is 159 cm³/mol. The van der Waals surface area contributed by atoms with Gasteiger partial charge in [-0.2, -0.15) is 0 Å². The summed E-state index contributed by atoms with van der Waals surface area (Å²) in [5.74, 6) is -1.92. The summed E-state index contributed by atoms with van der Waals surface area (Å²) >= 11 is 1.19. The number of carbonyl (C=O) groups is 7. The zero-order chi connectivity index (χ0) is 32.3. The molecule has 1 fully saturated rings. The normalized spacial score (nSPS) is 17.1. The van der Waals surface area contributed by atoms with E-state index in [1.807, 2.05) is 0 Å². The Kier molecular flexibility index (Phi) is 17.4. The van der Waals surface area contributed by atoms with Crippen molar-refractivity contribution < 1.29 is 47.8 Å². The van der Waals surface area contributed by atoms with Crippen LogP contribution in [-0.4, -0.2) is 134 Å². The molecule has 0 bridgehead atoms. The van der Waals surface area contributed by atoms with Crippen LogP contribution in [0.1, 0.15) is 39.0 Å². The number of amides is 6. The van der Waals surface area contributed by atoms with Crippen LogP contribution in [-0.2, 0) is 47.8 Å². The first-order chi connectivity index (χ1) is 21.1. The van der Waals surface area contributed by atoms with Crippen molar-refractivity contribution >= 4 is 53.0 Å². The van der Waals surface area contributed by atoms with Crippen LogP contribution in [0.4, 0.5) is 0 Å². The molecule has 2 atom stereocenters. The van der Waals surface area contributed by atoms with Crippen molar-refractivity contribution in [3.05, 3.63) is 12.2 Å². The maximum absolute atomic E-state index is 12.5. The lowest BCUT2D eigenvalue weighted by Crippen LogP contribution is -2.36. The number of hydrogen-bond acceptors (Lipinski definition) is 12. The van der Waals surface area contributed by atoms with Gasteiger partial charge in [0.25, 0.3) is 11.8 Å². The molecule has 0 radical (unpaired) electrons. The molecule has 246 valence electrons. The lowest BCUT2D eigenvalue weighted by molar-refractivity contribution is -0.140. The number of ketones is 1. The Balaban J connectivity index is 1.34. The van der Waals surface area contributed by atoms with Gasteiger partial charge in [-0.1, -0.05) is 0 Å². The quantitative estimate of drug-likeness (QED) is 0.0817. The smallest absolute Gasteiger partial charge is 0.253 e. The van der Waals surface area contributed by atoms with Gasteiger partial charge in [-0.05, 0) is 19.8 Å². The summed E-state index contributed by atoms with van der Waals surface area (Å²) in [7, 11) is 0. The van der Waals surface area contributed by atoms with Crippen LogP contribution in [0.2, 0.25) is 0 Å². The van der Waals surface area contributed by atoms with Crippen molar-refractivity contribution in [2.75, 3.05) is 71.6 Å². The minimum absolute atomic E-state index is 0.0104. The highest BCUT2D eigenvalue weighted by atomic mass is 32.2. The Morgan fingerprint density at radius 2 is 1.32 bits per heavy atom. The molecule has 1 saturated heterocycles. The topological polar surface area (TPSA) is 204 Å². The second kappa shape index (κ2) is 20.7. The van der Waals surface area contributed by atoms with E-state index in [1.165, 1.54) is 30.8 Å². The zero-order valence-corrected chi connectivity index (χ0v) is 25.9. The van der Waals surface area contributed by atoms with Gasteiger partial charge in [-0.15, -0.1) is 11.8 Å². The van der Waals surface area contributed by atoms with E-state index in [0.29, 0.717) is 65.6 Å². The van der Waals surface area contributed by atoms with Crippen molar-refractivity contribution in [1.29, 1.82) is 0 Å². The van der Waals surface area contributed by atoms with Crippen LogP contribution in [0.15, 0.2) is 12.2 Å². The molecule has 0 aromatic carbocycles. The molecule has 15 nitrogen and oxygen atoms in total. The molecule has 1 unspecified atom stereocenters. The maximum atomic E-state index is 12.5. The average molecular weight is 642 g/mol. The highest BCUT2D eigenvalue weighted by molar-refractivity contribution is 8.00. The fourth-order valence-corrected chi connectivity index (χ4v) is 5.16. The molecule has 0 spiro atoms. The summed E-state index contributed by atoms with van der Waals surface area (Å²) in [6, 6.07) is -0.675. The molecule has 2 heterocycles. The maximum Gasteiger partial charge on any atom is 0.253 e. The summed E-state index contributed by atoms with van der Waals surface area (Å²) in [5, 5.41) is 4.88. The predicted octanol–water partition coefficient (Wildman–Crippen LogP) is -1.47. The van der Waals surface area contributed by atoms with E-state index in [4.69, 9.17) is 19.9 Å². The number of imide groups is 2.